The molecule has 0 unspecified atom stereocenters. The van der Waals surface area contributed by atoms with Gasteiger partial charge < -0.3 is 19.9 Å². The molecule has 2 amide bonds. The summed E-state index contributed by atoms with van der Waals surface area (Å²) in [6.07, 6.45) is 6.62. The number of nitrogens with one attached hydrogen (secondary N) is 2. The monoisotopic (exact) mass is 347 g/mol. The minimum absolute atomic E-state index is 0.0462. The third kappa shape index (κ3) is 4.03. The van der Waals surface area contributed by atoms with Crippen molar-refractivity contribution >= 4 is 17.8 Å². The zero-order valence-electron chi connectivity index (χ0n) is 14.5. The van der Waals surface area contributed by atoms with Crippen LogP contribution in [0.4, 0.5) is 0 Å². The molecule has 1 aromatic heterocycles. The van der Waals surface area contributed by atoms with Crippen LogP contribution in [-0.4, -0.2) is 53.9 Å². The van der Waals surface area contributed by atoms with Crippen LogP contribution in [-0.2, 0) is 9.53 Å². The number of likely N-dealkylation sites (tertiary alicyclic amines) is 1. The zero-order valence-corrected chi connectivity index (χ0v) is 14.5. The molecule has 7 heteroatoms. The van der Waals surface area contributed by atoms with E-state index >= 15 is 0 Å². The fourth-order valence-electron chi connectivity index (χ4n) is 3.65. The van der Waals surface area contributed by atoms with Crippen molar-refractivity contribution < 1.29 is 19.1 Å². The van der Waals surface area contributed by atoms with Gasteiger partial charge in [0.25, 0.3) is 11.8 Å². The Bertz CT molecular complexity index is 641. The van der Waals surface area contributed by atoms with Crippen molar-refractivity contribution in [3.8, 4) is 0 Å². The average molecular weight is 347 g/mol. The summed E-state index contributed by atoms with van der Waals surface area (Å²) < 4.78 is 4.78. The molecule has 0 bridgehead atoms. The van der Waals surface area contributed by atoms with E-state index in [1.165, 1.54) is 7.11 Å². The summed E-state index contributed by atoms with van der Waals surface area (Å²) in [4.78, 5) is 41.0. The van der Waals surface area contributed by atoms with E-state index in [9.17, 15) is 14.4 Å². The Hall–Kier alpha value is -2.31. The van der Waals surface area contributed by atoms with Gasteiger partial charge >= 0.3 is 5.97 Å². The molecule has 2 N–H and O–H groups in total. The number of hydrogen-bond acceptors (Lipinski definition) is 4. The molecule has 1 aliphatic heterocycles. The van der Waals surface area contributed by atoms with Gasteiger partial charge in [0, 0.05) is 25.3 Å². The Kier molecular flexibility index (Phi) is 5.40. The number of H-pyrrole nitrogens is 1. The van der Waals surface area contributed by atoms with E-state index in [0.717, 1.165) is 51.6 Å². The summed E-state index contributed by atoms with van der Waals surface area (Å²) >= 11 is 0. The van der Waals surface area contributed by atoms with Crippen LogP contribution >= 0.6 is 0 Å². The van der Waals surface area contributed by atoms with Crippen molar-refractivity contribution in [1.82, 2.24) is 15.2 Å². The topological polar surface area (TPSA) is 91.5 Å². The highest BCUT2D eigenvalue weighted by Gasteiger charge is 2.28. The number of carbonyl (C=O) groups is 3. The van der Waals surface area contributed by atoms with Gasteiger partial charge in [-0.3, -0.25) is 14.4 Å². The van der Waals surface area contributed by atoms with Gasteiger partial charge in [0.2, 0.25) is 0 Å². The molecule has 2 fully saturated rings. The highest BCUT2D eigenvalue weighted by atomic mass is 16.5. The summed E-state index contributed by atoms with van der Waals surface area (Å²) in [6, 6.07) is 1.68. The third-order valence-corrected chi connectivity index (χ3v) is 5.17. The number of esters is 1. The van der Waals surface area contributed by atoms with Crippen LogP contribution in [0.15, 0.2) is 12.3 Å². The number of carbonyl (C=O) groups excluding carboxylic acids is 3. The van der Waals surface area contributed by atoms with Crippen LogP contribution in [0, 0.1) is 5.92 Å². The van der Waals surface area contributed by atoms with Gasteiger partial charge in [0.1, 0.15) is 5.69 Å². The second-order valence-corrected chi connectivity index (χ2v) is 6.85. The molecular weight excluding hydrogens is 322 g/mol. The highest BCUT2D eigenvalue weighted by Crippen LogP contribution is 2.25. The van der Waals surface area contributed by atoms with Gasteiger partial charge in [-0.05, 0) is 44.6 Å². The van der Waals surface area contributed by atoms with E-state index in [1.807, 2.05) is 4.90 Å². The third-order valence-electron chi connectivity index (χ3n) is 5.17. The zero-order chi connectivity index (χ0) is 17.8. The van der Waals surface area contributed by atoms with Crippen LogP contribution in [0.1, 0.15) is 59.4 Å². The van der Waals surface area contributed by atoms with Gasteiger partial charge in [-0.25, -0.2) is 0 Å². The first-order valence-corrected chi connectivity index (χ1v) is 8.95. The van der Waals surface area contributed by atoms with Crippen LogP contribution in [0.5, 0.6) is 0 Å². The van der Waals surface area contributed by atoms with Crippen molar-refractivity contribution in [1.29, 1.82) is 0 Å². The lowest BCUT2D eigenvalue weighted by Crippen LogP contribution is -2.38. The Balaban J connectivity index is 1.52. The minimum atomic E-state index is -0.182. The summed E-state index contributed by atoms with van der Waals surface area (Å²) in [5, 5.41) is 3.00. The van der Waals surface area contributed by atoms with Crippen molar-refractivity contribution in [2.24, 2.45) is 5.92 Å². The standard InChI is InChI=1S/C18H25N3O4/c1-25-18(24)12-4-6-14(7-5-12)20-16(22)13-10-15(19-11-13)17(23)21-8-2-3-9-21/h10-12,14,19H,2-9H2,1H3,(H,20,22). The summed E-state index contributed by atoms with van der Waals surface area (Å²) in [5.74, 6) is -0.455. The predicted molar refractivity (Wildman–Crippen MR) is 91.2 cm³/mol. The molecule has 136 valence electrons. The van der Waals surface area contributed by atoms with E-state index in [1.54, 1.807) is 12.3 Å². The SMILES string of the molecule is COC(=O)C1CCC(NC(=O)c2c[nH]c(C(=O)N3CCCC3)c2)CC1. The maximum absolute atomic E-state index is 12.4. The Morgan fingerprint density at radius 1 is 1.16 bits per heavy atom. The van der Waals surface area contributed by atoms with Crippen LogP contribution in [0.2, 0.25) is 0 Å². The first kappa shape index (κ1) is 17.5. The van der Waals surface area contributed by atoms with Crippen molar-refractivity contribution in [2.75, 3.05) is 20.2 Å². The first-order valence-electron chi connectivity index (χ1n) is 8.95. The van der Waals surface area contributed by atoms with E-state index in [0.29, 0.717) is 11.3 Å². The molecular formula is C18H25N3O4. The molecule has 0 aromatic carbocycles. The molecule has 0 spiro atoms. The van der Waals surface area contributed by atoms with Crippen LogP contribution in [0.25, 0.3) is 0 Å². The summed E-state index contributed by atoms with van der Waals surface area (Å²) in [7, 11) is 1.41. The molecule has 2 heterocycles. The number of rotatable bonds is 4. The summed E-state index contributed by atoms with van der Waals surface area (Å²) in [6.45, 7) is 1.56. The second-order valence-electron chi connectivity index (χ2n) is 6.85. The highest BCUT2D eigenvalue weighted by molar-refractivity contribution is 5.99. The average Bonchev–Trinajstić information content (AvgIpc) is 3.33. The number of methoxy groups -OCH3 is 1. The van der Waals surface area contributed by atoms with Crippen molar-refractivity contribution in [2.45, 2.75) is 44.6 Å². The number of aromatic nitrogens is 1. The first-order chi connectivity index (χ1) is 12.1. The number of hydrogen-bond donors (Lipinski definition) is 2. The fraction of sp³-hybridized carbons (Fsp3) is 0.611. The fourth-order valence-corrected chi connectivity index (χ4v) is 3.65. The molecule has 0 radical (unpaired) electrons. The molecule has 1 aromatic rings. The Morgan fingerprint density at radius 2 is 1.84 bits per heavy atom. The summed E-state index contributed by atoms with van der Waals surface area (Å²) in [5.41, 5.74) is 0.930. The van der Waals surface area contributed by atoms with Gasteiger partial charge in [0.15, 0.2) is 0 Å². The van der Waals surface area contributed by atoms with E-state index < -0.39 is 0 Å². The van der Waals surface area contributed by atoms with Crippen LogP contribution < -0.4 is 5.32 Å². The number of amides is 2. The maximum atomic E-state index is 12.4. The molecule has 2 aliphatic rings. The second kappa shape index (κ2) is 7.72. The Labute approximate surface area is 147 Å². The molecule has 7 nitrogen and oxygen atoms in total. The minimum Gasteiger partial charge on any atom is -0.469 e. The molecule has 3 rings (SSSR count). The predicted octanol–water partition coefficient (Wildman–Crippen LogP) is 1.71. The van der Waals surface area contributed by atoms with Crippen molar-refractivity contribution in [3.05, 3.63) is 23.5 Å². The normalized spacial score (nSPS) is 23.3. The molecule has 25 heavy (non-hydrogen) atoms. The lowest BCUT2D eigenvalue weighted by Gasteiger charge is -2.27. The molecule has 1 saturated carbocycles. The van der Waals surface area contributed by atoms with Crippen LogP contribution in [0.3, 0.4) is 0 Å². The van der Waals surface area contributed by atoms with E-state index in [2.05, 4.69) is 10.3 Å². The van der Waals surface area contributed by atoms with E-state index in [4.69, 9.17) is 4.74 Å². The number of aromatic amines is 1. The van der Waals surface area contributed by atoms with Crippen molar-refractivity contribution in [3.63, 3.8) is 0 Å². The smallest absolute Gasteiger partial charge is 0.308 e. The number of nitrogens with zero attached hydrogens (tertiary/aromatic N) is 1. The Morgan fingerprint density at radius 3 is 2.48 bits per heavy atom. The lowest BCUT2D eigenvalue weighted by atomic mass is 9.86. The van der Waals surface area contributed by atoms with Gasteiger partial charge in [0.05, 0.1) is 18.6 Å². The molecule has 1 saturated heterocycles. The molecule has 1 aliphatic carbocycles. The van der Waals surface area contributed by atoms with Gasteiger partial charge in [-0.15, -0.1) is 0 Å². The largest absolute Gasteiger partial charge is 0.469 e. The quantitative estimate of drug-likeness (QED) is 0.811. The van der Waals surface area contributed by atoms with Gasteiger partial charge in [-0.1, -0.05) is 0 Å². The maximum Gasteiger partial charge on any atom is 0.308 e. The van der Waals surface area contributed by atoms with Gasteiger partial charge in [-0.2, -0.15) is 0 Å². The number of ether oxygens (including phenoxy) is 1. The lowest BCUT2D eigenvalue weighted by molar-refractivity contribution is -0.146. The van der Waals surface area contributed by atoms with E-state index in [-0.39, 0.29) is 29.7 Å². The molecule has 0 atom stereocenters.